The number of hydrogen-bond acceptors (Lipinski definition) is 4. The minimum atomic E-state index is -0.211. The largest absolute Gasteiger partial charge is 0.326 e. The molecule has 6 nitrogen and oxygen atoms in total. The number of amides is 1. The molecule has 0 aliphatic carbocycles. The molecule has 1 amide bonds. The Balaban J connectivity index is 1.53. The smallest absolute Gasteiger partial charge is 0.228 e. The number of carbonyl (C=O) groups is 1. The molecule has 150 valence electrons. The van der Waals surface area contributed by atoms with Crippen LogP contribution < -0.4 is 5.32 Å². The highest BCUT2D eigenvalue weighted by Gasteiger charge is 2.17. The molecule has 1 N–H and O–H groups in total. The van der Waals surface area contributed by atoms with Crippen molar-refractivity contribution in [3.8, 4) is 11.4 Å². The summed E-state index contributed by atoms with van der Waals surface area (Å²) in [6.45, 7) is 2.73. The molecule has 0 spiro atoms. The molecule has 3 aromatic rings. The van der Waals surface area contributed by atoms with E-state index in [1.165, 1.54) is 6.42 Å². The zero-order valence-corrected chi connectivity index (χ0v) is 17.6. The molecule has 0 radical (unpaired) electrons. The van der Waals surface area contributed by atoms with Crippen LogP contribution in [-0.4, -0.2) is 25.7 Å². The molecule has 0 saturated carbocycles. The van der Waals surface area contributed by atoms with E-state index in [4.69, 9.17) is 23.2 Å². The summed E-state index contributed by atoms with van der Waals surface area (Å²) < 4.78 is 2.19. The maximum Gasteiger partial charge on any atom is 0.228 e. The fourth-order valence-corrected chi connectivity index (χ4v) is 4.25. The first-order valence-electron chi connectivity index (χ1n) is 9.65. The predicted octanol–water partition coefficient (Wildman–Crippen LogP) is 4.86. The summed E-state index contributed by atoms with van der Waals surface area (Å²) in [6, 6.07) is 9.34. The zero-order valence-electron chi connectivity index (χ0n) is 16.1. The molecule has 0 unspecified atom stereocenters. The van der Waals surface area contributed by atoms with Crippen molar-refractivity contribution >= 4 is 34.8 Å². The molecule has 1 aliphatic rings. The third-order valence-electron chi connectivity index (χ3n) is 5.00. The van der Waals surface area contributed by atoms with Crippen LogP contribution in [0.15, 0.2) is 30.3 Å². The van der Waals surface area contributed by atoms with Crippen LogP contribution in [0.4, 0.5) is 5.69 Å². The standard InChI is InChI=1S/C21H21Cl2N5O/c1-13-10-17(22)16(20(23)24-13)12-19(29)25-15-7-5-6-14(11-15)21-27-26-18-8-3-2-4-9-28(18)21/h5-7,10-11H,2-4,8-9,12H2,1H3,(H,25,29). The number of nitrogens with one attached hydrogen (secondary N) is 1. The van der Waals surface area contributed by atoms with Gasteiger partial charge in [-0.05, 0) is 38.0 Å². The molecular weight excluding hydrogens is 409 g/mol. The Morgan fingerprint density at radius 3 is 2.86 bits per heavy atom. The number of rotatable bonds is 4. The number of benzene rings is 1. The van der Waals surface area contributed by atoms with Crippen LogP contribution in [0.25, 0.3) is 11.4 Å². The van der Waals surface area contributed by atoms with E-state index in [1.807, 2.05) is 24.3 Å². The number of pyridine rings is 1. The Kier molecular flexibility index (Phi) is 5.83. The van der Waals surface area contributed by atoms with Gasteiger partial charge in [-0.25, -0.2) is 4.98 Å². The first-order chi connectivity index (χ1) is 14.0. The molecule has 0 atom stereocenters. The van der Waals surface area contributed by atoms with Gasteiger partial charge in [0.2, 0.25) is 5.91 Å². The maximum absolute atomic E-state index is 12.6. The monoisotopic (exact) mass is 429 g/mol. The second kappa shape index (κ2) is 8.51. The lowest BCUT2D eigenvalue weighted by molar-refractivity contribution is -0.115. The third kappa shape index (κ3) is 4.43. The Morgan fingerprint density at radius 2 is 2.03 bits per heavy atom. The van der Waals surface area contributed by atoms with Gasteiger partial charge in [0.1, 0.15) is 11.0 Å². The van der Waals surface area contributed by atoms with Gasteiger partial charge in [-0.1, -0.05) is 41.8 Å². The van der Waals surface area contributed by atoms with Crippen LogP contribution in [-0.2, 0) is 24.2 Å². The molecule has 29 heavy (non-hydrogen) atoms. The van der Waals surface area contributed by atoms with E-state index >= 15 is 0 Å². The molecule has 0 fully saturated rings. The summed E-state index contributed by atoms with van der Waals surface area (Å²) in [6.07, 6.45) is 4.48. The Bertz CT molecular complexity index is 1040. The quantitative estimate of drug-likeness (QED) is 0.600. The molecule has 4 rings (SSSR count). The topological polar surface area (TPSA) is 72.7 Å². The van der Waals surface area contributed by atoms with Crippen molar-refractivity contribution in [1.82, 2.24) is 19.7 Å². The fourth-order valence-electron chi connectivity index (χ4n) is 3.58. The summed E-state index contributed by atoms with van der Waals surface area (Å²) in [5.74, 6) is 1.66. The van der Waals surface area contributed by atoms with E-state index in [1.54, 1.807) is 13.0 Å². The highest BCUT2D eigenvalue weighted by Crippen LogP contribution is 2.27. The summed E-state index contributed by atoms with van der Waals surface area (Å²) in [5.41, 5.74) is 2.85. The highest BCUT2D eigenvalue weighted by molar-refractivity contribution is 6.35. The summed E-state index contributed by atoms with van der Waals surface area (Å²) >= 11 is 12.4. The van der Waals surface area contributed by atoms with Gasteiger partial charge in [-0.3, -0.25) is 4.79 Å². The molecule has 0 bridgehead atoms. The number of anilines is 1. The second-order valence-corrected chi connectivity index (χ2v) is 7.99. The number of aryl methyl sites for hydroxylation is 2. The number of halogens is 2. The minimum Gasteiger partial charge on any atom is -0.326 e. The maximum atomic E-state index is 12.6. The van der Waals surface area contributed by atoms with Crippen molar-refractivity contribution in [3.05, 3.63) is 57.6 Å². The fraction of sp³-hybridized carbons (Fsp3) is 0.333. The van der Waals surface area contributed by atoms with E-state index in [2.05, 4.69) is 25.1 Å². The van der Waals surface area contributed by atoms with Crippen LogP contribution in [0.2, 0.25) is 10.2 Å². The van der Waals surface area contributed by atoms with Crippen molar-refractivity contribution in [3.63, 3.8) is 0 Å². The molecular formula is C21H21Cl2N5O. The van der Waals surface area contributed by atoms with Gasteiger partial charge in [0.25, 0.3) is 0 Å². The average Bonchev–Trinajstić information content (AvgIpc) is 2.93. The number of aromatic nitrogens is 4. The van der Waals surface area contributed by atoms with E-state index in [9.17, 15) is 4.79 Å². The summed E-state index contributed by atoms with van der Waals surface area (Å²) in [7, 11) is 0. The van der Waals surface area contributed by atoms with Crippen LogP contribution in [0.3, 0.4) is 0 Å². The first-order valence-corrected chi connectivity index (χ1v) is 10.4. The van der Waals surface area contributed by atoms with Gasteiger partial charge in [-0.15, -0.1) is 10.2 Å². The third-order valence-corrected chi connectivity index (χ3v) is 5.65. The Labute approximate surface area is 179 Å². The van der Waals surface area contributed by atoms with Crippen LogP contribution in [0.5, 0.6) is 0 Å². The van der Waals surface area contributed by atoms with E-state index in [-0.39, 0.29) is 17.5 Å². The molecule has 1 aliphatic heterocycles. The summed E-state index contributed by atoms with van der Waals surface area (Å²) in [5, 5.41) is 12.4. The number of fused-ring (bicyclic) bond motifs is 1. The molecule has 1 aromatic carbocycles. The molecule has 0 saturated heterocycles. The Morgan fingerprint density at radius 1 is 1.17 bits per heavy atom. The molecule has 8 heteroatoms. The van der Waals surface area contributed by atoms with Crippen LogP contribution >= 0.6 is 23.2 Å². The van der Waals surface area contributed by atoms with Crippen LogP contribution in [0.1, 0.15) is 36.3 Å². The predicted molar refractivity (Wildman–Crippen MR) is 114 cm³/mol. The first kappa shape index (κ1) is 19.9. The number of nitrogens with zero attached hydrogens (tertiary/aromatic N) is 4. The van der Waals surface area contributed by atoms with E-state index in [0.717, 1.165) is 43.0 Å². The zero-order chi connectivity index (χ0) is 20.4. The summed E-state index contributed by atoms with van der Waals surface area (Å²) in [4.78, 5) is 16.7. The number of carbonyl (C=O) groups excluding carboxylic acids is 1. The van der Waals surface area contributed by atoms with E-state index in [0.29, 0.717) is 22.0 Å². The highest BCUT2D eigenvalue weighted by atomic mass is 35.5. The Hall–Kier alpha value is -2.44. The van der Waals surface area contributed by atoms with Gasteiger partial charge >= 0.3 is 0 Å². The van der Waals surface area contributed by atoms with Crippen molar-refractivity contribution in [1.29, 1.82) is 0 Å². The lowest BCUT2D eigenvalue weighted by atomic mass is 10.1. The molecule has 3 heterocycles. The van der Waals surface area contributed by atoms with Gasteiger partial charge in [0, 0.05) is 40.5 Å². The lowest BCUT2D eigenvalue weighted by Gasteiger charge is -2.11. The second-order valence-electron chi connectivity index (χ2n) is 7.22. The normalized spacial score (nSPS) is 13.6. The van der Waals surface area contributed by atoms with Crippen LogP contribution in [0, 0.1) is 6.92 Å². The van der Waals surface area contributed by atoms with Crippen molar-refractivity contribution in [2.45, 2.75) is 45.6 Å². The van der Waals surface area contributed by atoms with Gasteiger partial charge < -0.3 is 9.88 Å². The van der Waals surface area contributed by atoms with Gasteiger partial charge in [0.05, 0.1) is 6.42 Å². The molecule has 2 aromatic heterocycles. The van der Waals surface area contributed by atoms with Crippen molar-refractivity contribution in [2.75, 3.05) is 5.32 Å². The number of hydrogen-bond donors (Lipinski definition) is 1. The van der Waals surface area contributed by atoms with Crippen molar-refractivity contribution < 1.29 is 4.79 Å². The minimum absolute atomic E-state index is 0.0511. The SMILES string of the molecule is Cc1cc(Cl)c(CC(=O)Nc2cccc(-c3nnc4n3CCCCC4)c2)c(Cl)n1. The van der Waals surface area contributed by atoms with Gasteiger partial charge in [-0.2, -0.15) is 0 Å². The van der Waals surface area contributed by atoms with Gasteiger partial charge in [0.15, 0.2) is 5.82 Å². The van der Waals surface area contributed by atoms with E-state index < -0.39 is 0 Å². The van der Waals surface area contributed by atoms with Crippen molar-refractivity contribution in [2.24, 2.45) is 0 Å². The lowest BCUT2D eigenvalue weighted by Crippen LogP contribution is -2.15. The average molecular weight is 430 g/mol.